The van der Waals surface area contributed by atoms with Crippen LogP contribution in [0.15, 0.2) is 12.1 Å². The van der Waals surface area contributed by atoms with Gasteiger partial charge in [-0.3, -0.25) is 0 Å². The lowest BCUT2D eigenvalue weighted by Gasteiger charge is -2.15. The molecule has 1 rings (SSSR count). The van der Waals surface area contributed by atoms with Gasteiger partial charge >= 0.3 is 0 Å². The van der Waals surface area contributed by atoms with E-state index < -0.39 is 6.10 Å². The van der Waals surface area contributed by atoms with E-state index in [1.54, 1.807) is 6.92 Å². The van der Waals surface area contributed by atoms with E-state index in [2.05, 4.69) is 6.92 Å². The van der Waals surface area contributed by atoms with Crippen LogP contribution in [0.25, 0.3) is 0 Å². The second kappa shape index (κ2) is 5.17. The van der Waals surface area contributed by atoms with Crippen LogP contribution in [0.2, 0.25) is 0 Å². The van der Waals surface area contributed by atoms with Crippen molar-refractivity contribution in [3.05, 3.63) is 28.8 Å². The molecule has 1 N–H and O–H groups in total. The minimum atomic E-state index is -0.412. The van der Waals surface area contributed by atoms with Gasteiger partial charge in [-0.15, -0.1) is 0 Å². The van der Waals surface area contributed by atoms with Crippen molar-refractivity contribution in [1.82, 2.24) is 0 Å². The summed E-state index contributed by atoms with van der Waals surface area (Å²) in [5.41, 5.74) is 3.20. The first-order valence-corrected chi connectivity index (χ1v) is 5.48. The van der Waals surface area contributed by atoms with Crippen LogP contribution in [0.4, 0.5) is 0 Å². The van der Waals surface area contributed by atoms with Gasteiger partial charge in [-0.2, -0.15) is 0 Å². The van der Waals surface area contributed by atoms with Crippen molar-refractivity contribution in [2.45, 2.75) is 40.2 Å². The standard InChI is InChI=1S/C13H20O2/c1-5-6-15-12-7-9(2)13(11(4)14)10(3)8-12/h7-8,11,14H,5-6H2,1-4H3. The van der Waals surface area contributed by atoms with E-state index in [4.69, 9.17) is 4.74 Å². The lowest BCUT2D eigenvalue weighted by atomic mass is 9.98. The van der Waals surface area contributed by atoms with Crippen molar-refractivity contribution >= 4 is 0 Å². The molecule has 2 nitrogen and oxygen atoms in total. The maximum absolute atomic E-state index is 9.61. The van der Waals surface area contributed by atoms with Crippen LogP contribution in [0, 0.1) is 13.8 Å². The van der Waals surface area contributed by atoms with Crippen LogP contribution in [-0.2, 0) is 0 Å². The number of aryl methyl sites for hydroxylation is 2. The number of rotatable bonds is 4. The first kappa shape index (κ1) is 12.1. The Morgan fingerprint density at radius 3 is 2.20 bits per heavy atom. The Bertz CT molecular complexity index is 306. The van der Waals surface area contributed by atoms with E-state index in [9.17, 15) is 5.11 Å². The first-order chi connectivity index (χ1) is 7.06. The number of aliphatic hydroxyl groups is 1. The Morgan fingerprint density at radius 2 is 1.80 bits per heavy atom. The molecule has 84 valence electrons. The van der Waals surface area contributed by atoms with Crippen LogP contribution in [-0.4, -0.2) is 11.7 Å². The molecule has 0 aromatic heterocycles. The Hall–Kier alpha value is -1.02. The van der Waals surface area contributed by atoms with E-state index >= 15 is 0 Å². The zero-order valence-electron chi connectivity index (χ0n) is 10.0. The summed E-state index contributed by atoms with van der Waals surface area (Å²) in [5, 5.41) is 9.61. The lowest BCUT2D eigenvalue weighted by Crippen LogP contribution is -2.01. The lowest BCUT2D eigenvalue weighted by molar-refractivity contribution is 0.197. The SMILES string of the molecule is CCCOc1cc(C)c(C(C)O)c(C)c1. The molecule has 0 aliphatic heterocycles. The number of hydrogen-bond acceptors (Lipinski definition) is 2. The highest BCUT2D eigenvalue weighted by Gasteiger charge is 2.10. The highest BCUT2D eigenvalue weighted by molar-refractivity contribution is 5.42. The van der Waals surface area contributed by atoms with E-state index in [1.165, 1.54) is 0 Å². The van der Waals surface area contributed by atoms with Gasteiger partial charge in [0.2, 0.25) is 0 Å². The zero-order chi connectivity index (χ0) is 11.4. The van der Waals surface area contributed by atoms with Gasteiger partial charge in [-0.05, 0) is 56.0 Å². The summed E-state index contributed by atoms with van der Waals surface area (Å²) >= 11 is 0. The van der Waals surface area contributed by atoms with Crippen molar-refractivity contribution in [1.29, 1.82) is 0 Å². The van der Waals surface area contributed by atoms with Gasteiger partial charge in [0, 0.05) is 0 Å². The summed E-state index contributed by atoms with van der Waals surface area (Å²) in [6.45, 7) is 8.64. The van der Waals surface area contributed by atoms with Gasteiger partial charge in [0.05, 0.1) is 12.7 Å². The molecule has 0 spiro atoms. The third-order valence-electron chi connectivity index (χ3n) is 2.46. The van der Waals surface area contributed by atoms with Gasteiger partial charge in [0.15, 0.2) is 0 Å². The van der Waals surface area contributed by atoms with Crippen molar-refractivity contribution in [3.63, 3.8) is 0 Å². The quantitative estimate of drug-likeness (QED) is 0.823. The molecule has 0 radical (unpaired) electrons. The Kier molecular flexibility index (Phi) is 4.15. The molecule has 0 aliphatic carbocycles. The van der Waals surface area contributed by atoms with Crippen LogP contribution in [0.5, 0.6) is 5.75 Å². The number of hydrogen-bond donors (Lipinski definition) is 1. The number of aliphatic hydroxyl groups excluding tert-OH is 1. The molecule has 0 saturated carbocycles. The molecule has 0 fully saturated rings. The van der Waals surface area contributed by atoms with E-state index in [-0.39, 0.29) is 0 Å². The van der Waals surface area contributed by atoms with E-state index in [0.717, 1.165) is 35.5 Å². The fraction of sp³-hybridized carbons (Fsp3) is 0.538. The first-order valence-electron chi connectivity index (χ1n) is 5.48. The molecule has 0 aliphatic rings. The van der Waals surface area contributed by atoms with Gasteiger partial charge in [-0.25, -0.2) is 0 Å². The Morgan fingerprint density at radius 1 is 1.27 bits per heavy atom. The van der Waals surface area contributed by atoms with E-state index in [1.807, 2.05) is 26.0 Å². The maximum atomic E-state index is 9.61. The molecule has 1 aromatic rings. The number of benzene rings is 1. The predicted octanol–water partition coefficient (Wildman–Crippen LogP) is 3.15. The molecule has 1 aromatic carbocycles. The largest absolute Gasteiger partial charge is 0.494 e. The molecular formula is C13H20O2. The summed E-state index contributed by atoms with van der Waals surface area (Å²) < 4.78 is 5.57. The third-order valence-corrected chi connectivity index (χ3v) is 2.46. The summed E-state index contributed by atoms with van der Waals surface area (Å²) in [6.07, 6.45) is 0.598. The van der Waals surface area contributed by atoms with Gasteiger partial charge in [0.1, 0.15) is 5.75 Å². The van der Waals surface area contributed by atoms with Gasteiger partial charge < -0.3 is 9.84 Å². The minimum absolute atomic E-state index is 0.412. The molecular weight excluding hydrogens is 188 g/mol. The van der Waals surface area contributed by atoms with Crippen LogP contribution in [0.1, 0.15) is 43.1 Å². The molecule has 1 unspecified atom stereocenters. The smallest absolute Gasteiger partial charge is 0.119 e. The summed E-state index contributed by atoms with van der Waals surface area (Å²) in [7, 11) is 0. The van der Waals surface area contributed by atoms with Crippen LogP contribution in [0.3, 0.4) is 0 Å². The number of ether oxygens (including phenoxy) is 1. The van der Waals surface area contributed by atoms with Gasteiger partial charge in [0.25, 0.3) is 0 Å². The van der Waals surface area contributed by atoms with Crippen LogP contribution < -0.4 is 4.74 Å². The molecule has 1 atom stereocenters. The summed E-state index contributed by atoms with van der Waals surface area (Å²) in [6, 6.07) is 3.98. The molecule has 0 saturated heterocycles. The van der Waals surface area contributed by atoms with E-state index in [0.29, 0.717) is 0 Å². The fourth-order valence-electron chi connectivity index (χ4n) is 1.90. The average molecular weight is 208 g/mol. The van der Waals surface area contributed by atoms with Gasteiger partial charge in [-0.1, -0.05) is 6.92 Å². The highest BCUT2D eigenvalue weighted by atomic mass is 16.5. The molecule has 0 bridgehead atoms. The second-order valence-electron chi connectivity index (χ2n) is 4.00. The van der Waals surface area contributed by atoms with Crippen LogP contribution >= 0.6 is 0 Å². The Labute approximate surface area is 91.9 Å². The predicted molar refractivity (Wildman–Crippen MR) is 62.3 cm³/mol. The molecule has 0 heterocycles. The maximum Gasteiger partial charge on any atom is 0.119 e. The molecule has 2 heteroatoms. The monoisotopic (exact) mass is 208 g/mol. The fourth-order valence-corrected chi connectivity index (χ4v) is 1.90. The normalized spacial score (nSPS) is 12.6. The topological polar surface area (TPSA) is 29.5 Å². The highest BCUT2D eigenvalue weighted by Crippen LogP contribution is 2.26. The zero-order valence-corrected chi connectivity index (χ0v) is 10.0. The summed E-state index contributed by atoms with van der Waals surface area (Å²) in [5.74, 6) is 0.899. The Balaban J connectivity index is 2.97. The van der Waals surface area contributed by atoms with Crippen molar-refractivity contribution in [2.75, 3.05) is 6.61 Å². The second-order valence-corrected chi connectivity index (χ2v) is 4.00. The van der Waals surface area contributed by atoms with Crippen molar-refractivity contribution in [3.8, 4) is 5.75 Å². The summed E-state index contributed by atoms with van der Waals surface area (Å²) in [4.78, 5) is 0. The van der Waals surface area contributed by atoms with Crippen molar-refractivity contribution in [2.24, 2.45) is 0 Å². The molecule has 15 heavy (non-hydrogen) atoms. The minimum Gasteiger partial charge on any atom is -0.494 e. The molecule has 0 amide bonds. The third kappa shape index (κ3) is 2.96. The average Bonchev–Trinajstić information content (AvgIpc) is 2.12. The van der Waals surface area contributed by atoms with Crippen molar-refractivity contribution < 1.29 is 9.84 Å².